The van der Waals surface area contributed by atoms with Gasteiger partial charge < -0.3 is 0 Å². The average Bonchev–Trinajstić information content (AvgIpc) is 3.38. The van der Waals surface area contributed by atoms with Crippen molar-refractivity contribution < 1.29 is 22.0 Å². The number of para-hydroxylation sites is 6. The minimum atomic E-state index is -0.460. The normalized spacial score (nSPS) is 11.4. The second-order valence-electron chi connectivity index (χ2n) is 19.0. The van der Waals surface area contributed by atoms with E-state index in [1.54, 1.807) is 17.3 Å². The first-order valence-electron chi connectivity index (χ1n) is 24.4. The molecule has 0 unspecified atom stereocenters. The number of alkyl halides is 2. The summed E-state index contributed by atoms with van der Waals surface area (Å²) in [6.07, 6.45) is 4.49. The first-order chi connectivity index (χ1) is 33.8. The van der Waals surface area contributed by atoms with Gasteiger partial charge in [0.05, 0.1) is 68.1 Å². The van der Waals surface area contributed by atoms with Crippen LogP contribution in [-0.2, 0) is 57.8 Å². The van der Waals surface area contributed by atoms with Crippen molar-refractivity contribution in [2.45, 2.75) is 128 Å². The van der Waals surface area contributed by atoms with Crippen molar-refractivity contribution in [2.24, 2.45) is 0 Å². The van der Waals surface area contributed by atoms with E-state index in [0.29, 0.717) is 0 Å². The van der Waals surface area contributed by atoms with Crippen molar-refractivity contribution >= 4 is 123 Å². The van der Waals surface area contributed by atoms with E-state index in [1.807, 2.05) is 0 Å². The first-order valence-corrected chi connectivity index (χ1v) is 32.8. The number of benzene rings is 6. The van der Waals surface area contributed by atoms with Crippen LogP contribution >= 0.6 is 57.4 Å². The third kappa shape index (κ3) is 14.1. The molecule has 0 aliphatic rings. The summed E-state index contributed by atoms with van der Waals surface area (Å²) < 4.78 is 7.50. The zero-order valence-corrected chi connectivity index (χ0v) is 50.2. The molecule has 4 nitrogen and oxygen atoms in total. The van der Waals surface area contributed by atoms with Crippen LogP contribution in [0.5, 0.6) is 0 Å². The number of nitrogens with zero attached hydrogens (tertiary/aromatic N) is 3. The van der Waals surface area contributed by atoms with Crippen molar-refractivity contribution in [3.63, 3.8) is 0 Å². The van der Waals surface area contributed by atoms with E-state index in [1.165, 1.54) is 89.1 Å². The third-order valence-electron chi connectivity index (χ3n) is 13.3. The summed E-state index contributed by atoms with van der Waals surface area (Å²) in [5, 5.41) is 9.15. The van der Waals surface area contributed by atoms with Crippen molar-refractivity contribution in [1.82, 2.24) is 15.0 Å². The van der Waals surface area contributed by atoms with Crippen LogP contribution in [0.1, 0.15) is 103 Å². The number of halogens is 3. The van der Waals surface area contributed by atoms with E-state index in [-0.39, 0.29) is 0 Å². The van der Waals surface area contributed by atoms with Gasteiger partial charge in [0.2, 0.25) is 0 Å². The molecular weight excluding hydrogens is 1140 g/mol. The minimum absolute atomic E-state index is 0.460. The molecule has 0 fully saturated rings. The number of aryl methyl sites for hydroxylation is 2. The van der Waals surface area contributed by atoms with Crippen molar-refractivity contribution in [1.29, 1.82) is 0 Å². The summed E-state index contributed by atoms with van der Waals surface area (Å²) in [5.74, 6) is 0. The van der Waals surface area contributed by atoms with Gasteiger partial charge in [0.25, 0.3) is 0 Å². The Balaban J connectivity index is 0.000000197. The molecule has 3 aromatic heterocycles. The number of hydrogen-bond acceptors (Lipinski definition) is 3. The standard InChI is InChI=1S/C27H39NP2.C17H17N.C15H11Br2N.CO.ClH.Ru.H/c1-18(2)29(19(3)4)16-24-13-9-11-22-15-23-12-10-14-25(27(23)28-26(22)24)17-30(20(5)6)21(7)8;1-3-12-7-5-9-14-11-15-10-6-8-13(4-2)17(15)18-16(12)14;16-8-12-5-1-3-10-7-11-4-2-6-13(9-17)15(11)18-14(10)12;1-2;;;/h9-15,18-21H,16-17H2,1-8H3;5-11H,3-4H2,1-2H3;1-7H,8-9H2;;1H;;/q;;;;;+1;/p+1. The zero-order chi connectivity index (χ0) is 51.1. The molecule has 0 saturated heterocycles. The van der Waals surface area contributed by atoms with Crippen LogP contribution in [0.15, 0.2) is 127 Å². The van der Waals surface area contributed by atoms with Gasteiger partial charge in [0.15, 0.2) is 0 Å². The predicted molar refractivity (Wildman–Crippen MR) is 318 cm³/mol. The van der Waals surface area contributed by atoms with Crippen LogP contribution in [0.2, 0.25) is 0 Å². The Bertz CT molecular complexity index is 2820. The molecule has 0 radical (unpaired) electrons. The van der Waals surface area contributed by atoms with Gasteiger partial charge in [-0.25, -0.2) is 15.0 Å². The maximum atomic E-state index is 7.50. The molecule has 0 bridgehead atoms. The molecule has 70 heavy (non-hydrogen) atoms. The molecule has 9 rings (SSSR count). The van der Waals surface area contributed by atoms with Crippen LogP contribution in [-0.4, -0.2) is 37.6 Å². The topological polar surface area (TPSA) is 58.6 Å². The molecule has 0 spiro atoms. The Morgan fingerprint density at radius 3 is 0.857 bits per heavy atom. The summed E-state index contributed by atoms with van der Waals surface area (Å²) in [7, 11) is 3.69. The van der Waals surface area contributed by atoms with Crippen LogP contribution < -0.4 is 0 Å². The van der Waals surface area contributed by atoms with Gasteiger partial charge in [0, 0.05) is 69.9 Å². The van der Waals surface area contributed by atoms with Crippen molar-refractivity contribution in [3.8, 4) is 0 Å². The second-order valence-corrected chi connectivity index (χ2v) is 27.7. The Labute approximate surface area is 451 Å². The Kier molecular flexibility index (Phi) is 23.3. The first kappa shape index (κ1) is 57.7. The van der Waals surface area contributed by atoms with Crippen LogP contribution in [0.4, 0.5) is 0 Å². The molecule has 0 amide bonds. The Morgan fingerprint density at radius 2 is 0.629 bits per heavy atom. The Hall–Kier alpha value is -3.20. The van der Waals surface area contributed by atoms with E-state index < -0.39 is 15.8 Å². The third-order valence-corrected chi connectivity index (χ3v) is 22.0. The van der Waals surface area contributed by atoms with E-state index in [9.17, 15) is 0 Å². The maximum absolute atomic E-state index is 7.50. The molecule has 0 saturated carbocycles. The molecular formula is C60H70Br2ClN3OP2Ru+2. The van der Waals surface area contributed by atoms with Crippen molar-refractivity contribution in [3.05, 3.63) is 167 Å². The van der Waals surface area contributed by atoms with E-state index in [0.717, 1.165) is 68.2 Å². The van der Waals surface area contributed by atoms with E-state index in [2.05, 4.69) is 245 Å². The summed E-state index contributed by atoms with van der Waals surface area (Å²) in [5.41, 5.74) is 18.2. The van der Waals surface area contributed by atoms with Gasteiger partial charge in [0.1, 0.15) is 0 Å². The average molecular weight is 1210 g/mol. The van der Waals surface area contributed by atoms with Gasteiger partial charge in [-0.2, -0.15) is 0 Å². The van der Waals surface area contributed by atoms with Gasteiger partial charge in [-0.1, -0.05) is 155 Å². The van der Waals surface area contributed by atoms with Gasteiger partial charge in [-0.05, 0) is 109 Å². The second kappa shape index (κ2) is 28.3. The monoisotopic (exact) mass is 1210 g/mol. The van der Waals surface area contributed by atoms with Crippen molar-refractivity contribution in [2.75, 3.05) is 0 Å². The van der Waals surface area contributed by atoms with Gasteiger partial charge >= 0.3 is 38.3 Å². The van der Waals surface area contributed by atoms with Crippen LogP contribution in [0, 0.1) is 6.65 Å². The quantitative estimate of drug-likeness (QED) is 0.0306. The van der Waals surface area contributed by atoms with E-state index >= 15 is 0 Å². The fourth-order valence-electron chi connectivity index (χ4n) is 9.68. The zero-order valence-electron chi connectivity index (χ0n) is 42.4. The number of pyridine rings is 3. The molecule has 368 valence electrons. The Morgan fingerprint density at radius 1 is 0.414 bits per heavy atom. The molecule has 6 aromatic carbocycles. The molecule has 10 heteroatoms. The summed E-state index contributed by atoms with van der Waals surface area (Å²) >= 11 is 8.68. The number of rotatable bonds is 12. The number of fused-ring (bicyclic) bond motifs is 6. The molecule has 0 aliphatic carbocycles. The molecule has 9 aromatic rings. The SMILES string of the molecule is BrCc1cccc2cc3cccc(CBr)c3nc12.CC(C)[PH+](Cc1cccc2cc3cccc(C[PH+](C(C)C)C(C)C)c3nc12)C(C)C.CCc1cccc2cc3cccc(CC)c3nc12.[C-]#[O+].[Cl][RuH]. The number of hydrogen-bond donors (Lipinski definition) is 0. The summed E-state index contributed by atoms with van der Waals surface area (Å²) in [6, 6.07) is 46.0. The van der Waals surface area contributed by atoms with Crippen LogP contribution in [0.25, 0.3) is 65.4 Å². The van der Waals surface area contributed by atoms with E-state index in [4.69, 9.17) is 19.6 Å². The molecule has 0 N–H and O–H groups in total. The predicted octanol–water partition coefficient (Wildman–Crippen LogP) is 18.5. The molecule has 0 aliphatic heterocycles. The molecule has 3 heterocycles. The van der Waals surface area contributed by atoms with Crippen LogP contribution in [0.3, 0.4) is 0 Å². The van der Waals surface area contributed by atoms with Gasteiger partial charge in [-0.15, -0.1) is 0 Å². The summed E-state index contributed by atoms with van der Waals surface area (Å²) in [4.78, 5) is 15.1. The number of aromatic nitrogens is 3. The fraction of sp³-hybridized carbons (Fsp3) is 0.333. The van der Waals surface area contributed by atoms with Gasteiger partial charge in [-0.3, -0.25) is 0 Å². The molecule has 0 atom stereocenters. The fourth-order valence-corrected chi connectivity index (χ4v) is 16.3. The summed E-state index contributed by atoms with van der Waals surface area (Å²) in [6.45, 7) is 28.1.